The van der Waals surface area contributed by atoms with Crippen molar-refractivity contribution in [3.63, 3.8) is 0 Å². The van der Waals surface area contributed by atoms with E-state index in [0.717, 1.165) is 11.3 Å². The molecule has 0 radical (unpaired) electrons. The van der Waals surface area contributed by atoms with Crippen molar-refractivity contribution in [1.82, 2.24) is 15.0 Å². The van der Waals surface area contributed by atoms with Crippen molar-refractivity contribution in [2.75, 3.05) is 5.32 Å². The average molecular weight is 316 g/mol. The zero-order valence-electron chi connectivity index (χ0n) is 13.4. The molecule has 3 rings (SSSR count). The molecule has 0 fully saturated rings. The first-order chi connectivity index (χ1) is 11.6. The molecular formula is C19H16N4O. The van der Waals surface area contributed by atoms with Gasteiger partial charge in [0.2, 0.25) is 0 Å². The molecular weight excluding hydrogens is 300 g/mol. The van der Waals surface area contributed by atoms with E-state index in [4.69, 9.17) is 6.42 Å². The summed E-state index contributed by atoms with van der Waals surface area (Å²) >= 11 is 0. The molecule has 0 aliphatic carbocycles. The lowest BCUT2D eigenvalue weighted by molar-refractivity contribution is 0.102. The van der Waals surface area contributed by atoms with Gasteiger partial charge in [0, 0.05) is 11.3 Å². The standard InChI is InChI=1S/C19H16N4O/c1-4-15-6-5-7-16(12-15)20-19(24)18-14(3)23(22-21-18)17-10-8-13(2)9-11-17/h1,5-12H,2-3H3,(H,20,24). The van der Waals surface area contributed by atoms with Crippen molar-refractivity contribution >= 4 is 11.6 Å². The molecule has 5 nitrogen and oxygen atoms in total. The van der Waals surface area contributed by atoms with Crippen LogP contribution < -0.4 is 5.32 Å². The fourth-order valence-corrected chi connectivity index (χ4v) is 2.35. The fraction of sp³-hybridized carbons (Fsp3) is 0.105. The Morgan fingerprint density at radius 3 is 2.62 bits per heavy atom. The van der Waals surface area contributed by atoms with Gasteiger partial charge in [0.15, 0.2) is 5.69 Å². The SMILES string of the molecule is C#Cc1cccc(NC(=O)c2nnn(-c3ccc(C)cc3)c2C)c1. The second kappa shape index (κ2) is 6.39. The number of carbonyl (C=O) groups is 1. The van der Waals surface area contributed by atoms with Gasteiger partial charge in [-0.05, 0) is 44.2 Å². The molecule has 0 bridgehead atoms. The molecule has 1 heterocycles. The lowest BCUT2D eigenvalue weighted by atomic mass is 10.2. The number of aromatic nitrogens is 3. The Hall–Kier alpha value is -3.39. The maximum absolute atomic E-state index is 12.5. The Labute approximate surface area is 140 Å². The summed E-state index contributed by atoms with van der Waals surface area (Å²) in [7, 11) is 0. The Balaban J connectivity index is 1.86. The van der Waals surface area contributed by atoms with E-state index in [2.05, 4.69) is 21.5 Å². The Morgan fingerprint density at radius 1 is 1.17 bits per heavy atom. The van der Waals surface area contributed by atoms with Crippen LogP contribution in [0.15, 0.2) is 48.5 Å². The number of rotatable bonds is 3. The number of amides is 1. The van der Waals surface area contributed by atoms with Crippen molar-refractivity contribution < 1.29 is 4.79 Å². The van der Waals surface area contributed by atoms with Crippen molar-refractivity contribution in [3.05, 3.63) is 71.0 Å². The summed E-state index contributed by atoms with van der Waals surface area (Å²) in [5.41, 5.74) is 4.29. The van der Waals surface area contributed by atoms with Crippen LogP contribution in [0.4, 0.5) is 5.69 Å². The van der Waals surface area contributed by atoms with Crippen molar-refractivity contribution in [1.29, 1.82) is 0 Å². The molecule has 0 unspecified atom stereocenters. The van der Waals surface area contributed by atoms with Gasteiger partial charge < -0.3 is 5.32 Å². The quantitative estimate of drug-likeness (QED) is 0.755. The molecule has 0 aliphatic rings. The van der Waals surface area contributed by atoms with E-state index in [1.165, 1.54) is 0 Å². The largest absolute Gasteiger partial charge is 0.320 e. The molecule has 5 heteroatoms. The van der Waals surface area contributed by atoms with E-state index in [1.807, 2.05) is 38.1 Å². The van der Waals surface area contributed by atoms with Gasteiger partial charge in [0.1, 0.15) is 0 Å². The minimum atomic E-state index is -0.319. The summed E-state index contributed by atoms with van der Waals surface area (Å²) in [4.78, 5) is 12.5. The molecule has 3 aromatic rings. The van der Waals surface area contributed by atoms with Crippen LogP contribution in [0.2, 0.25) is 0 Å². The summed E-state index contributed by atoms with van der Waals surface area (Å²) in [5, 5.41) is 10.9. The van der Waals surface area contributed by atoms with Crippen LogP contribution >= 0.6 is 0 Å². The topological polar surface area (TPSA) is 59.8 Å². The zero-order valence-corrected chi connectivity index (χ0v) is 13.4. The normalized spacial score (nSPS) is 10.2. The number of carbonyl (C=O) groups excluding carboxylic acids is 1. The summed E-state index contributed by atoms with van der Waals surface area (Å²) in [6.45, 7) is 3.83. The molecule has 2 aromatic carbocycles. The highest BCUT2D eigenvalue weighted by Crippen LogP contribution is 2.15. The van der Waals surface area contributed by atoms with E-state index >= 15 is 0 Å². The smallest absolute Gasteiger partial charge is 0.278 e. The monoisotopic (exact) mass is 316 g/mol. The number of aryl methyl sites for hydroxylation is 1. The average Bonchev–Trinajstić information content (AvgIpc) is 2.97. The number of benzene rings is 2. The Morgan fingerprint density at radius 2 is 1.92 bits per heavy atom. The van der Waals surface area contributed by atoms with E-state index in [0.29, 0.717) is 16.9 Å². The number of terminal acetylenes is 1. The third kappa shape index (κ3) is 3.03. The third-order valence-electron chi connectivity index (χ3n) is 3.68. The molecule has 0 aliphatic heterocycles. The minimum absolute atomic E-state index is 0.279. The van der Waals surface area contributed by atoms with Gasteiger partial charge in [-0.1, -0.05) is 34.9 Å². The number of nitrogens with zero attached hydrogens (tertiary/aromatic N) is 3. The molecule has 0 spiro atoms. The van der Waals surface area contributed by atoms with Crippen molar-refractivity contribution in [3.8, 4) is 18.0 Å². The van der Waals surface area contributed by atoms with Gasteiger partial charge in [-0.15, -0.1) is 11.5 Å². The van der Waals surface area contributed by atoms with E-state index in [-0.39, 0.29) is 11.6 Å². The predicted molar refractivity (Wildman–Crippen MR) is 93.2 cm³/mol. The van der Waals surface area contributed by atoms with Gasteiger partial charge in [-0.2, -0.15) is 0 Å². The van der Waals surface area contributed by atoms with Crippen LogP contribution in [-0.4, -0.2) is 20.9 Å². The molecule has 0 saturated carbocycles. The zero-order chi connectivity index (χ0) is 17.1. The predicted octanol–water partition coefficient (Wildman–Crippen LogP) is 3.12. The molecule has 1 N–H and O–H groups in total. The first kappa shape index (κ1) is 15.5. The summed E-state index contributed by atoms with van der Waals surface area (Å²) < 4.78 is 1.65. The highest BCUT2D eigenvalue weighted by molar-refractivity contribution is 6.03. The maximum Gasteiger partial charge on any atom is 0.278 e. The second-order valence-corrected chi connectivity index (χ2v) is 5.45. The summed E-state index contributed by atoms with van der Waals surface area (Å²) in [6.07, 6.45) is 5.37. The van der Waals surface area contributed by atoms with Crippen LogP contribution in [0, 0.1) is 26.2 Å². The molecule has 24 heavy (non-hydrogen) atoms. The number of anilines is 1. The molecule has 1 amide bonds. The van der Waals surface area contributed by atoms with Gasteiger partial charge in [-0.25, -0.2) is 4.68 Å². The molecule has 0 saturated heterocycles. The van der Waals surface area contributed by atoms with Gasteiger partial charge in [0.25, 0.3) is 5.91 Å². The van der Waals surface area contributed by atoms with Crippen LogP contribution in [0.1, 0.15) is 27.3 Å². The van der Waals surface area contributed by atoms with Crippen LogP contribution in [-0.2, 0) is 0 Å². The highest BCUT2D eigenvalue weighted by Gasteiger charge is 2.17. The second-order valence-electron chi connectivity index (χ2n) is 5.45. The number of hydrogen-bond donors (Lipinski definition) is 1. The van der Waals surface area contributed by atoms with Crippen molar-refractivity contribution in [2.24, 2.45) is 0 Å². The summed E-state index contributed by atoms with van der Waals surface area (Å²) in [5.74, 6) is 2.22. The van der Waals surface area contributed by atoms with Crippen molar-refractivity contribution in [2.45, 2.75) is 13.8 Å². The lowest BCUT2D eigenvalue weighted by Gasteiger charge is -2.06. The highest BCUT2D eigenvalue weighted by atomic mass is 16.2. The van der Waals surface area contributed by atoms with Gasteiger partial charge in [-0.3, -0.25) is 4.79 Å². The first-order valence-corrected chi connectivity index (χ1v) is 7.46. The first-order valence-electron chi connectivity index (χ1n) is 7.46. The van der Waals surface area contributed by atoms with E-state index < -0.39 is 0 Å². The number of hydrogen-bond acceptors (Lipinski definition) is 3. The van der Waals surface area contributed by atoms with Gasteiger partial charge >= 0.3 is 0 Å². The number of nitrogens with one attached hydrogen (secondary N) is 1. The molecule has 0 atom stereocenters. The van der Waals surface area contributed by atoms with E-state index in [1.54, 1.807) is 28.9 Å². The molecule has 118 valence electrons. The van der Waals surface area contributed by atoms with Crippen LogP contribution in [0.5, 0.6) is 0 Å². The Kier molecular flexibility index (Phi) is 4.13. The molecule has 1 aromatic heterocycles. The van der Waals surface area contributed by atoms with Crippen LogP contribution in [0.3, 0.4) is 0 Å². The third-order valence-corrected chi connectivity index (χ3v) is 3.68. The van der Waals surface area contributed by atoms with Crippen LogP contribution in [0.25, 0.3) is 5.69 Å². The van der Waals surface area contributed by atoms with Gasteiger partial charge in [0.05, 0.1) is 11.4 Å². The summed E-state index contributed by atoms with van der Waals surface area (Å²) in [6, 6.07) is 15.0. The maximum atomic E-state index is 12.5. The Bertz CT molecular complexity index is 933. The fourth-order valence-electron chi connectivity index (χ4n) is 2.35. The minimum Gasteiger partial charge on any atom is -0.320 e. The van der Waals surface area contributed by atoms with E-state index in [9.17, 15) is 4.79 Å². The lowest BCUT2D eigenvalue weighted by Crippen LogP contribution is -2.14.